The number of anilines is 1. The summed E-state index contributed by atoms with van der Waals surface area (Å²) in [7, 11) is 0. The second-order valence-corrected chi connectivity index (χ2v) is 5.28. The maximum Gasteiger partial charge on any atom is 0.235 e. The molecule has 4 nitrogen and oxygen atoms in total. The molecule has 5 heteroatoms. The van der Waals surface area contributed by atoms with E-state index in [4.69, 9.17) is 4.42 Å². The van der Waals surface area contributed by atoms with Gasteiger partial charge in [0.2, 0.25) is 11.8 Å². The van der Waals surface area contributed by atoms with Crippen LogP contribution in [0.3, 0.4) is 0 Å². The maximum atomic E-state index is 5.35. The fourth-order valence-electron chi connectivity index (χ4n) is 1.78. The van der Waals surface area contributed by atoms with Gasteiger partial charge in [0.05, 0.1) is 12.2 Å². The largest absolute Gasteiger partial charge is 0.424 e. The van der Waals surface area contributed by atoms with Crippen LogP contribution >= 0.6 is 15.9 Å². The number of aryl methyl sites for hydroxylation is 1. The molecule has 1 N–H and O–H groups in total. The summed E-state index contributed by atoms with van der Waals surface area (Å²) in [4.78, 5) is 0. The van der Waals surface area contributed by atoms with Crippen molar-refractivity contribution in [1.29, 1.82) is 0 Å². The number of halogens is 1. The molecule has 1 aromatic heterocycles. The van der Waals surface area contributed by atoms with E-state index in [0.29, 0.717) is 24.2 Å². The molecule has 2 aromatic rings. The molecule has 0 aliphatic carbocycles. The minimum Gasteiger partial charge on any atom is -0.424 e. The van der Waals surface area contributed by atoms with Gasteiger partial charge < -0.3 is 9.73 Å². The lowest BCUT2D eigenvalue weighted by Crippen LogP contribution is -2.04. The third kappa shape index (κ3) is 2.90. The highest BCUT2D eigenvalue weighted by molar-refractivity contribution is 9.10. The van der Waals surface area contributed by atoms with Crippen LogP contribution < -0.4 is 5.32 Å². The van der Waals surface area contributed by atoms with Gasteiger partial charge in [0.25, 0.3) is 0 Å². The first-order chi connectivity index (χ1) is 8.58. The summed E-state index contributed by atoms with van der Waals surface area (Å²) in [6, 6.07) is 6.19. The highest BCUT2D eigenvalue weighted by Crippen LogP contribution is 2.31. The van der Waals surface area contributed by atoms with Crippen LogP contribution in [0.25, 0.3) is 0 Å². The van der Waals surface area contributed by atoms with E-state index < -0.39 is 0 Å². The number of aromatic nitrogens is 2. The second kappa shape index (κ2) is 5.52. The van der Waals surface area contributed by atoms with Gasteiger partial charge in [-0.2, -0.15) is 0 Å². The van der Waals surface area contributed by atoms with E-state index in [9.17, 15) is 0 Å². The summed E-state index contributed by atoms with van der Waals surface area (Å²) >= 11 is 3.57. The molecule has 2 rings (SSSR count). The van der Waals surface area contributed by atoms with Crippen LogP contribution in [0.4, 0.5) is 5.69 Å². The van der Waals surface area contributed by atoms with Gasteiger partial charge in [-0.25, -0.2) is 0 Å². The molecule has 0 amide bonds. The van der Waals surface area contributed by atoms with E-state index in [2.05, 4.69) is 51.4 Å². The number of nitrogens with one attached hydrogen (secondary N) is 1. The molecule has 0 aliphatic heterocycles. The Balaban J connectivity index is 2.18. The molecule has 96 valence electrons. The highest BCUT2D eigenvalue weighted by Gasteiger charge is 2.10. The maximum absolute atomic E-state index is 5.35. The SMILES string of the molecule is Cc1nnc(CNc2c(Br)cccc2C(C)C)o1. The van der Waals surface area contributed by atoms with Gasteiger partial charge in [-0.3, -0.25) is 0 Å². The van der Waals surface area contributed by atoms with Crippen LogP contribution in [0.2, 0.25) is 0 Å². The summed E-state index contributed by atoms with van der Waals surface area (Å²) < 4.78 is 6.39. The van der Waals surface area contributed by atoms with E-state index in [1.54, 1.807) is 6.92 Å². The molecule has 1 heterocycles. The van der Waals surface area contributed by atoms with Crippen molar-refractivity contribution in [1.82, 2.24) is 10.2 Å². The predicted octanol–water partition coefficient (Wildman–Crippen LogP) is 3.88. The number of hydrogen-bond donors (Lipinski definition) is 1. The quantitative estimate of drug-likeness (QED) is 0.931. The molecule has 0 unspecified atom stereocenters. The lowest BCUT2D eigenvalue weighted by Gasteiger charge is -2.15. The minimum atomic E-state index is 0.453. The van der Waals surface area contributed by atoms with Crippen molar-refractivity contribution in [3.8, 4) is 0 Å². The van der Waals surface area contributed by atoms with Gasteiger partial charge in [0.1, 0.15) is 0 Å². The molecule has 0 fully saturated rings. The number of para-hydroxylation sites is 1. The lowest BCUT2D eigenvalue weighted by atomic mass is 10.0. The zero-order valence-electron chi connectivity index (χ0n) is 10.7. The van der Waals surface area contributed by atoms with Crippen LogP contribution in [0, 0.1) is 6.92 Å². The first kappa shape index (κ1) is 13.1. The van der Waals surface area contributed by atoms with Crippen LogP contribution in [-0.4, -0.2) is 10.2 Å². The number of hydrogen-bond acceptors (Lipinski definition) is 4. The van der Waals surface area contributed by atoms with E-state index in [-0.39, 0.29) is 0 Å². The Morgan fingerprint density at radius 3 is 2.72 bits per heavy atom. The fourth-order valence-corrected chi connectivity index (χ4v) is 2.30. The Morgan fingerprint density at radius 1 is 1.33 bits per heavy atom. The normalized spacial score (nSPS) is 10.9. The predicted molar refractivity (Wildman–Crippen MR) is 74.6 cm³/mol. The van der Waals surface area contributed by atoms with Crippen molar-refractivity contribution in [3.63, 3.8) is 0 Å². The monoisotopic (exact) mass is 309 g/mol. The van der Waals surface area contributed by atoms with Gasteiger partial charge in [-0.05, 0) is 33.5 Å². The number of benzene rings is 1. The van der Waals surface area contributed by atoms with Crippen molar-refractivity contribution in [2.75, 3.05) is 5.32 Å². The standard InChI is InChI=1S/C13H16BrN3O/c1-8(2)10-5-4-6-11(14)13(10)15-7-12-17-16-9(3)18-12/h4-6,8,15H,7H2,1-3H3. The van der Waals surface area contributed by atoms with E-state index in [1.807, 2.05) is 12.1 Å². The van der Waals surface area contributed by atoms with Crippen molar-refractivity contribution in [2.24, 2.45) is 0 Å². The Kier molecular flexibility index (Phi) is 4.01. The molecule has 0 saturated carbocycles. The van der Waals surface area contributed by atoms with E-state index in [0.717, 1.165) is 10.2 Å². The Labute approximate surface area is 115 Å². The average molecular weight is 310 g/mol. The summed E-state index contributed by atoms with van der Waals surface area (Å²) in [6.45, 7) is 6.66. The molecule has 1 aromatic carbocycles. The van der Waals surface area contributed by atoms with Gasteiger partial charge in [-0.1, -0.05) is 26.0 Å². The van der Waals surface area contributed by atoms with Crippen LogP contribution in [-0.2, 0) is 6.54 Å². The zero-order chi connectivity index (χ0) is 13.1. The van der Waals surface area contributed by atoms with Crippen molar-refractivity contribution in [2.45, 2.75) is 33.2 Å². The molecule has 0 saturated heterocycles. The third-order valence-corrected chi connectivity index (χ3v) is 3.31. The molecule has 0 aliphatic rings. The van der Waals surface area contributed by atoms with E-state index in [1.165, 1.54) is 5.56 Å². The fraction of sp³-hybridized carbons (Fsp3) is 0.385. The number of nitrogens with zero attached hydrogens (tertiary/aromatic N) is 2. The lowest BCUT2D eigenvalue weighted by molar-refractivity contribution is 0.474. The zero-order valence-corrected chi connectivity index (χ0v) is 12.3. The molecule has 0 spiro atoms. The summed E-state index contributed by atoms with van der Waals surface area (Å²) in [5.41, 5.74) is 2.35. The van der Waals surface area contributed by atoms with Crippen molar-refractivity contribution >= 4 is 21.6 Å². The van der Waals surface area contributed by atoms with Crippen molar-refractivity contribution < 1.29 is 4.42 Å². The molecule has 18 heavy (non-hydrogen) atoms. The van der Waals surface area contributed by atoms with Crippen LogP contribution in [0.5, 0.6) is 0 Å². The smallest absolute Gasteiger partial charge is 0.235 e. The Bertz CT molecular complexity index is 537. The van der Waals surface area contributed by atoms with E-state index >= 15 is 0 Å². The topological polar surface area (TPSA) is 51.0 Å². The van der Waals surface area contributed by atoms with Crippen molar-refractivity contribution in [3.05, 3.63) is 40.0 Å². The first-order valence-corrected chi connectivity index (χ1v) is 6.68. The third-order valence-electron chi connectivity index (χ3n) is 2.65. The summed E-state index contributed by atoms with van der Waals surface area (Å²) in [6.07, 6.45) is 0. The molecule has 0 radical (unpaired) electrons. The Morgan fingerprint density at radius 2 is 2.11 bits per heavy atom. The molecule has 0 bridgehead atoms. The summed E-state index contributed by atoms with van der Waals surface area (Å²) in [5, 5.41) is 11.1. The highest BCUT2D eigenvalue weighted by atomic mass is 79.9. The van der Waals surface area contributed by atoms with Gasteiger partial charge in [-0.15, -0.1) is 10.2 Å². The molecule has 0 atom stereocenters. The molecular formula is C13H16BrN3O. The van der Waals surface area contributed by atoms with Gasteiger partial charge >= 0.3 is 0 Å². The average Bonchev–Trinajstić information content (AvgIpc) is 2.73. The van der Waals surface area contributed by atoms with Gasteiger partial charge in [0.15, 0.2) is 0 Å². The van der Waals surface area contributed by atoms with Gasteiger partial charge in [0, 0.05) is 11.4 Å². The van der Waals surface area contributed by atoms with Crippen LogP contribution in [0.15, 0.2) is 27.1 Å². The molecular weight excluding hydrogens is 294 g/mol. The number of rotatable bonds is 4. The first-order valence-electron chi connectivity index (χ1n) is 5.89. The second-order valence-electron chi connectivity index (χ2n) is 4.43. The Hall–Kier alpha value is -1.36. The summed E-state index contributed by atoms with van der Waals surface area (Å²) in [5.74, 6) is 1.63. The van der Waals surface area contributed by atoms with Crippen LogP contribution in [0.1, 0.15) is 37.1 Å². The minimum absolute atomic E-state index is 0.453.